The van der Waals surface area contributed by atoms with Gasteiger partial charge < -0.3 is 4.74 Å². The maximum atomic E-state index is 12.6. The summed E-state index contributed by atoms with van der Waals surface area (Å²) >= 11 is 0. The van der Waals surface area contributed by atoms with Gasteiger partial charge in [-0.1, -0.05) is 6.07 Å². The van der Waals surface area contributed by atoms with Gasteiger partial charge in [0.2, 0.25) is 0 Å². The van der Waals surface area contributed by atoms with Crippen molar-refractivity contribution in [1.29, 1.82) is 0 Å². The van der Waals surface area contributed by atoms with Crippen LogP contribution in [-0.4, -0.2) is 29.7 Å². The Morgan fingerprint density at radius 2 is 1.71 bits per heavy atom. The summed E-state index contributed by atoms with van der Waals surface area (Å²) in [6, 6.07) is 9.05. The largest absolute Gasteiger partial charge is 0.493 e. The number of anilines is 1. The van der Waals surface area contributed by atoms with Crippen molar-refractivity contribution in [2.24, 2.45) is 0 Å². The molecule has 1 aliphatic rings. The molecule has 0 bridgehead atoms. The van der Waals surface area contributed by atoms with E-state index in [1.807, 2.05) is 0 Å². The molecule has 0 aromatic heterocycles. The zero-order valence-corrected chi connectivity index (χ0v) is 14.9. The lowest BCUT2D eigenvalue weighted by Gasteiger charge is -2.12. The van der Waals surface area contributed by atoms with Gasteiger partial charge in [0.05, 0.1) is 22.1 Å². The molecule has 0 saturated carbocycles. The summed E-state index contributed by atoms with van der Waals surface area (Å²) in [6.45, 7) is 2.25. The van der Waals surface area contributed by atoms with Crippen molar-refractivity contribution in [1.82, 2.24) is 0 Å². The minimum Gasteiger partial charge on any atom is -0.493 e. The van der Waals surface area contributed by atoms with Gasteiger partial charge >= 0.3 is 0 Å². The molecule has 6 nitrogen and oxygen atoms in total. The minimum absolute atomic E-state index is 0.0631. The Morgan fingerprint density at radius 1 is 1.00 bits per heavy atom. The standard InChI is InChI=1S/C16H17NO5S2/c1-11-3-4-13(23(2,18)19)10-15(11)17-24(20,21)14-5-6-16-12(9-14)7-8-22-16/h3-6,9-10,17H,7-8H2,1-2H3. The summed E-state index contributed by atoms with van der Waals surface area (Å²) in [6.07, 6.45) is 1.75. The van der Waals surface area contributed by atoms with Crippen LogP contribution in [0.15, 0.2) is 46.2 Å². The molecule has 0 spiro atoms. The molecule has 128 valence electrons. The number of hydrogen-bond acceptors (Lipinski definition) is 5. The smallest absolute Gasteiger partial charge is 0.261 e. The monoisotopic (exact) mass is 367 g/mol. The van der Waals surface area contributed by atoms with Crippen molar-refractivity contribution in [3.8, 4) is 5.75 Å². The molecular weight excluding hydrogens is 350 g/mol. The van der Waals surface area contributed by atoms with Gasteiger partial charge in [0, 0.05) is 12.7 Å². The topological polar surface area (TPSA) is 89.5 Å². The lowest BCUT2D eigenvalue weighted by atomic mass is 10.2. The molecule has 1 aliphatic heterocycles. The van der Waals surface area contributed by atoms with Crippen LogP contribution in [0.4, 0.5) is 5.69 Å². The van der Waals surface area contributed by atoms with Gasteiger partial charge in [0.1, 0.15) is 5.75 Å². The lowest BCUT2D eigenvalue weighted by molar-refractivity contribution is 0.356. The molecule has 2 aromatic carbocycles. The third kappa shape index (κ3) is 3.25. The Kier molecular flexibility index (Phi) is 4.05. The van der Waals surface area contributed by atoms with Crippen LogP contribution in [0.1, 0.15) is 11.1 Å². The molecule has 0 saturated heterocycles. The second-order valence-corrected chi connectivity index (χ2v) is 9.42. The third-order valence-corrected chi connectivity index (χ3v) is 6.33. The Hall–Kier alpha value is -2.06. The zero-order chi connectivity index (χ0) is 17.5. The highest BCUT2D eigenvalue weighted by Gasteiger charge is 2.20. The average Bonchev–Trinajstić information content (AvgIpc) is 2.95. The van der Waals surface area contributed by atoms with E-state index in [4.69, 9.17) is 4.74 Å². The summed E-state index contributed by atoms with van der Waals surface area (Å²) in [7, 11) is -7.24. The summed E-state index contributed by atoms with van der Waals surface area (Å²) in [4.78, 5) is 0.184. The molecule has 8 heteroatoms. The van der Waals surface area contributed by atoms with Crippen LogP contribution in [-0.2, 0) is 26.3 Å². The first-order valence-electron chi connectivity index (χ1n) is 7.26. The van der Waals surface area contributed by atoms with Crippen molar-refractivity contribution < 1.29 is 21.6 Å². The molecule has 1 N–H and O–H groups in total. The number of sulfone groups is 1. The first kappa shape index (κ1) is 16.8. The fourth-order valence-corrected chi connectivity index (χ4v) is 4.29. The number of ether oxygens (including phenoxy) is 1. The van der Waals surface area contributed by atoms with Crippen molar-refractivity contribution in [3.63, 3.8) is 0 Å². The van der Waals surface area contributed by atoms with Gasteiger partial charge in [-0.05, 0) is 48.4 Å². The van der Waals surface area contributed by atoms with E-state index in [1.165, 1.54) is 18.2 Å². The molecule has 24 heavy (non-hydrogen) atoms. The average molecular weight is 367 g/mol. The van der Waals surface area contributed by atoms with Crippen LogP contribution in [0.25, 0.3) is 0 Å². The molecule has 0 amide bonds. The third-order valence-electron chi connectivity index (χ3n) is 3.85. The fourth-order valence-electron chi connectivity index (χ4n) is 2.48. The number of rotatable bonds is 4. The van der Waals surface area contributed by atoms with Crippen molar-refractivity contribution in [2.45, 2.75) is 23.1 Å². The van der Waals surface area contributed by atoms with E-state index in [2.05, 4.69) is 4.72 Å². The summed E-state index contributed by atoms with van der Waals surface area (Å²) in [5.41, 5.74) is 1.73. The molecule has 1 heterocycles. The maximum Gasteiger partial charge on any atom is 0.261 e. The van der Waals surface area contributed by atoms with Gasteiger partial charge in [0.25, 0.3) is 10.0 Å². The predicted octanol–water partition coefficient (Wildman–Crippen LogP) is 2.13. The van der Waals surface area contributed by atoms with E-state index in [0.717, 1.165) is 11.8 Å². The van der Waals surface area contributed by atoms with E-state index in [1.54, 1.807) is 25.1 Å². The number of hydrogen-bond donors (Lipinski definition) is 1. The maximum absolute atomic E-state index is 12.6. The fraction of sp³-hybridized carbons (Fsp3) is 0.250. The van der Waals surface area contributed by atoms with Crippen LogP contribution in [0.3, 0.4) is 0 Å². The summed E-state index contributed by atoms with van der Waals surface area (Å²) in [5, 5.41) is 0. The van der Waals surface area contributed by atoms with Gasteiger partial charge in [-0.3, -0.25) is 4.72 Å². The number of aryl methyl sites for hydroxylation is 1. The van der Waals surface area contributed by atoms with E-state index >= 15 is 0 Å². The van der Waals surface area contributed by atoms with E-state index in [-0.39, 0.29) is 15.5 Å². The minimum atomic E-state index is -3.82. The highest BCUT2D eigenvalue weighted by Crippen LogP contribution is 2.29. The molecule has 0 aliphatic carbocycles. The van der Waals surface area contributed by atoms with Gasteiger partial charge in [-0.2, -0.15) is 0 Å². The van der Waals surface area contributed by atoms with Gasteiger partial charge in [-0.15, -0.1) is 0 Å². The molecule has 0 fully saturated rings. The number of benzene rings is 2. The Balaban J connectivity index is 1.98. The van der Waals surface area contributed by atoms with Gasteiger partial charge in [-0.25, -0.2) is 16.8 Å². The Bertz CT molecular complexity index is 1010. The molecule has 0 atom stereocenters. The highest BCUT2D eigenvalue weighted by molar-refractivity contribution is 7.92. The second kappa shape index (κ2) is 5.78. The van der Waals surface area contributed by atoms with E-state index in [9.17, 15) is 16.8 Å². The highest BCUT2D eigenvalue weighted by atomic mass is 32.2. The quantitative estimate of drug-likeness (QED) is 0.894. The normalized spacial score (nSPS) is 14.1. The van der Waals surface area contributed by atoms with Crippen molar-refractivity contribution in [3.05, 3.63) is 47.5 Å². The lowest BCUT2D eigenvalue weighted by Crippen LogP contribution is -2.14. The Morgan fingerprint density at radius 3 is 2.42 bits per heavy atom. The zero-order valence-electron chi connectivity index (χ0n) is 13.2. The van der Waals surface area contributed by atoms with Crippen LogP contribution in [0, 0.1) is 6.92 Å². The van der Waals surface area contributed by atoms with E-state index in [0.29, 0.717) is 24.3 Å². The first-order valence-corrected chi connectivity index (χ1v) is 10.6. The molecule has 3 rings (SSSR count). The van der Waals surface area contributed by atoms with Gasteiger partial charge in [0.15, 0.2) is 9.84 Å². The van der Waals surface area contributed by atoms with Crippen LogP contribution in [0.2, 0.25) is 0 Å². The first-order chi connectivity index (χ1) is 11.2. The molecular formula is C16H17NO5S2. The molecule has 0 radical (unpaired) electrons. The second-order valence-electron chi connectivity index (χ2n) is 5.72. The van der Waals surface area contributed by atoms with Crippen molar-refractivity contribution >= 4 is 25.5 Å². The predicted molar refractivity (Wildman–Crippen MR) is 90.7 cm³/mol. The van der Waals surface area contributed by atoms with Crippen LogP contribution >= 0.6 is 0 Å². The van der Waals surface area contributed by atoms with E-state index < -0.39 is 19.9 Å². The van der Waals surface area contributed by atoms with Crippen molar-refractivity contribution in [2.75, 3.05) is 17.6 Å². The summed E-state index contributed by atoms with van der Waals surface area (Å²) < 4.78 is 56.4. The van der Waals surface area contributed by atoms with Crippen LogP contribution < -0.4 is 9.46 Å². The molecule has 2 aromatic rings. The number of nitrogens with one attached hydrogen (secondary N) is 1. The number of fused-ring (bicyclic) bond motifs is 1. The summed E-state index contributed by atoms with van der Waals surface area (Å²) in [5.74, 6) is 0.698. The Labute approximate surface area is 141 Å². The van der Waals surface area contributed by atoms with Crippen LogP contribution in [0.5, 0.6) is 5.75 Å². The SMILES string of the molecule is Cc1ccc(S(C)(=O)=O)cc1NS(=O)(=O)c1ccc2c(c1)CCO2. The number of sulfonamides is 1. The molecule has 0 unspecified atom stereocenters.